The normalized spacial score (nSPS) is 15.3. The standard InChI is InChI=1S/C26H24FN3O4S/c1-33-22-13-8-17(14-23(22)34-2)16-29-21(15-24(31)28-19-6-4-3-5-7-19)25(32)30(26(29)35)20-11-9-18(27)10-12-20/h3-14,21H,15-16H2,1-2H3,(H,28,31)/t21-/m1/s1. The Morgan fingerprint density at radius 2 is 1.69 bits per heavy atom. The van der Waals surface area contributed by atoms with Crippen molar-refractivity contribution in [1.29, 1.82) is 0 Å². The van der Waals surface area contributed by atoms with E-state index in [1.807, 2.05) is 24.3 Å². The van der Waals surface area contributed by atoms with Gasteiger partial charge in [-0.15, -0.1) is 0 Å². The summed E-state index contributed by atoms with van der Waals surface area (Å²) in [5.74, 6) is 0.00598. The average molecular weight is 494 g/mol. The Morgan fingerprint density at radius 1 is 1.00 bits per heavy atom. The molecule has 7 nitrogen and oxygen atoms in total. The van der Waals surface area contributed by atoms with Gasteiger partial charge in [-0.25, -0.2) is 4.39 Å². The number of thiocarbonyl (C=S) groups is 1. The quantitative estimate of drug-likeness (QED) is 0.470. The van der Waals surface area contributed by atoms with Crippen LogP contribution in [0, 0.1) is 5.82 Å². The summed E-state index contributed by atoms with van der Waals surface area (Å²) in [6.45, 7) is 0.256. The predicted octanol–water partition coefficient (Wildman–Crippen LogP) is 4.37. The van der Waals surface area contributed by atoms with Crippen molar-refractivity contribution in [3.05, 3.63) is 84.2 Å². The fourth-order valence-electron chi connectivity index (χ4n) is 3.93. The Morgan fingerprint density at radius 3 is 2.34 bits per heavy atom. The molecule has 0 aromatic heterocycles. The van der Waals surface area contributed by atoms with Crippen LogP contribution in [0.25, 0.3) is 0 Å². The van der Waals surface area contributed by atoms with E-state index in [9.17, 15) is 14.0 Å². The molecule has 35 heavy (non-hydrogen) atoms. The molecule has 0 radical (unpaired) electrons. The van der Waals surface area contributed by atoms with E-state index in [2.05, 4.69) is 5.32 Å². The summed E-state index contributed by atoms with van der Waals surface area (Å²) in [5, 5.41) is 3.05. The lowest BCUT2D eigenvalue weighted by Gasteiger charge is -2.24. The number of rotatable bonds is 8. The molecule has 180 valence electrons. The van der Waals surface area contributed by atoms with E-state index in [1.165, 1.54) is 29.2 Å². The van der Waals surface area contributed by atoms with Gasteiger partial charge < -0.3 is 19.7 Å². The van der Waals surface area contributed by atoms with Crippen LogP contribution in [0.5, 0.6) is 11.5 Å². The maximum absolute atomic E-state index is 13.5. The van der Waals surface area contributed by atoms with Crippen molar-refractivity contribution in [2.24, 2.45) is 0 Å². The molecule has 1 heterocycles. The number of nitrogens with one attached hydrogen (secondary N) is 1. The molecule has 0 unspecified atom stereocenters. The number of para-hydroxylation sites is 1. The molecule has 3 aromatic carbocycles. The second-order valence-electron chi connectivity index (χ2n) is 7.88. The van der Waals surface area contributed by atoms with E-state index in [1.54, 1.807) is 43.4 Å². The number of hydrogen-bond acceptors (Lipinski definition) is 5. The van der Waals surface area contributed by atoms with E-state index in [4.69, 9.17) is 21.7 Å². The summed E-state index contributed by atoms with van der Waals surface area (Å²) >= 11 is 5.67. The highest BCUT2D eigenvalue weighted by molar-refractivity contribution is 7.80. The van der Waals surface area contributed by atoms with Gasteiger partial charge in [-0.2, -0.15) is 0 Å². The molecule has 1 saturated heterocycles. The number of hydrogen-bond donors (Lipinski definition) is 1. The van der Waals surface area contributed by atoms with Gasteiger partial charge in [-0.05, 0) is 66.3 Å². The first-order valence-corrected chi connectivity index (χ1v) is 11.3. The van der Waals surface area contributed by atoms with Crippen LogP contribution in [0.3, 0.4) is 0 Å². The van der Waals surface area contributed by atoms with Crippen molar-refractivity contribution in [2.75, 3.05) is 24.4 Å². The van der Waals surface area contributed by atoms with Crippen LogP contribution in [-0.4, -0.2) is 42.1 Å². The molecule has 1 atom stereocenters. The van der Waals surface area contributed by atoms with E-state index >= 15 is 0 Å². The lowest BCUT2D eigenvalue weighted by atomic mass is 10.1. The molecule has 0 saturated carbocycles. The van der Waals surface area contributed by atoms with E-state index in [-0.39, 0.29) is 29.9 Å². The summed E-state index contributed by atoms with van der Waals surface area (Å²) < 4.78 is 24.2. The Labute approximate surface area is 208 Å². The van der Waals surface area contributed by atoms with Gasteiger partial charge in [0.2, 0.25) is 5.91 Å². The van der Waals surface area contributed by atoms with Crippen LogP contribution in [0.2, 0.25) is 0 Å². The van der Waals surface area contributed by atoms with Crippen LogP contribution in [0.15, 0.2) is 72.8 Å². The largest absolute Gasteiger partial charge is 0.493 e. The molecule has 0 spiro atoms. The summed E-state index contributed by atoms with van der Waals surface area (Å²) in [7, 11) is 3.09. The molecule has 0 aliphatic carbocycles. The maximum atomic E-state index is 13.5. The summed E-state index contributed by atoms with van der Waals surface area (Å²) in [6.07, 6.45) is -0.112. The van der Waals surface area contributed by atoms with Gasteiger partial charge in [0.05, 0.1) is 26.3 Å². The Kier molecular flexibility index (Phi) is 7.26. The highest BCUT2D eigenvalue weighted by Crippen LogP contribution is 2.32. The number of anilines is 2. The molecule has 1 N–H and O–H groups in total. The van der Waals surface area contributed by atoms with Crippen LogP contribution in [-0.2, 0) is 16.1 Å². The zero-order valence-corrected chi connectivity index (χ0v) is 20.0. The van der Waals surface area contributed by atoms with Crippen LogP contribution in [0.4, 0.5) is 15.8 Å². The minimum absolute atomic E-state index is 0.112. The molecular formula is C26H24FN3O4S. The number of halogens is 1. The van der Waals surface area contributed by atoms with Crippen molar-refractivity contribution in [3.8, 4) is 11.5 Å². The zero-order valence-electron chi connectivity index (χ0n) is 19.2. The summed E-state index contributed by atoms with van der Waals surface area (Å²) in [4.78, 5) is 29.4. The predicted molar refractivity (Wildman–Crippen MR) is 135 cm³/mol. The van der Waals surface area contributed by atoms with Crippen LogP contribution in [0.1, 0.15) is 12.0 Å². The summed E-state index contributed by atoms with van der Waals surface area (Å²) in [6, 6.07) is 19.1. The van der Waals surface area contributed by atoms with Gasteiger partial charge in [-0.3, -0.25) is 14.5 Å². The number of nitrogens with zero attached hydrogens (tertiary/aromatic N) is 2. The van der Waals surface area contributed by atoms with Gasteiger partial charge in [0, 0.05) is 12.2 Å². The number of benzene rings is 3. The van der Waals surface area contributed by atoms with Crippen molar-refractivity contribution in [2.45, 2.75) is 19.0 Å². The Bertz CT molecular complexity index is 1240. The van der Waals surface area contributed by atoms with Crippen LogP contribution < -0.4 is 19.7 Å². The third kappa shape index (κ3) is 5.25. The minimum atomic E-state index is -0.843. The van der Waals surface area contributed by atoms with Gasteiger partial charge in [0.15, 0.2) is 16.6 Å². The van der Waals surface area contributed by atoms with E-state index in [0.717, 1.165) is 5.56 Å². The minimum Gasteiger partial charge on any atom is -0.493 e. The zero-order chi connectivity index (χ0) is 24.9. The topological polar surface area (TPSA) is 71.1 Å². The Hall–Kier alpha value is -3.98. The smallest absolute Gasteiger partial charge is 0.256 e. The van der Waals surface area contributed by atoms with Gasteiger partial charge in [0.25, 0.3) is 5.91 Å². The first kappa shape index (κ1) is 24.2. The third-order valence-corrected chi connectivity index (χ3v) is 6.06. The van der Waals surface area contributed by atoms with E-state index in [0.29, 0.717) is 22.9 Å². The first-order valence-electron chi connectivity index (χ1n) is 10.9. The lowest BCUT2D eigenvalue weighted by molar-refractivity contribution is -0.124. The van der Waals surface area contributed by atoms with Crippen molar-refractivity contribution in [1.82, 2.24) is 4.90 Å². The Balaban J connectivity index is 1.63. The molecule has 0 bridgehead atoms. The first-order chi connectivity index (χ1) is 16.9. The highest BCUT2D eigenvalue weighted by Gasteiger charge is 2.44. The summed E-state index contributed by atoms with van der Waals surface area (Å²) in [5.41, 5.74) is 1.88. The van der Waals surface area contributed by atoms with Crippen molar-refractivity contribution >= 4 is 40.5 Å². The number of carbonyl (C=O) groups excluding carboxylic acids is 2. The molecule has 1 fully saturated rings. The molecule has 1 aliphatic heterocycles. The maximum Gasteiger partial charge on any atom is 0.256 e. The fraction of sp³-hybridized carbons (Fsp3) is 0.192. The molecule has 4 rings (SSSR count). The SMILES string of the molecule is COc1ccc(CN2C(=S)N(c3ccc(F)cc3)C(=O)[C@H]2CC(=O)Nc2ccccc2)cc1OC. The number of amides is 2. The van der Waals surface area contributed by atoms with Crippen molar-refractivity contribution in [3.63, 3.8) is 0 Å². The third-order valence-electron chi connectivity index (χ3n) is 5.64. The van der Waals surface area contributed by atoms with Gasteiger partial charge in [0.1, 0.15) is 11.9 Å². The molecule has 2 amide bonds. The number of carbonyl (C=O) groups is 2. The fourth-order valence-corrected chi connectivity index (χ4v) is 4.31. The molecule has 3 aromatic rings. The van der Waals surface area contributed by atoms with E-state index < -0.39 is 11.9 Å². The molecule has 9 heteroatoms. The highest BCUT2D eigenvalue weighted by atomic mass is 32.1. The number of ether oxygens (including phenoxy) is 2. The van der Waals surface area contributed by atoms with Crippen LogP contribution >= 0.6 is 12.2 Å². The molecular weight excluding hydrogens is 469 g/mol. The van der Waals surface area contributed by atoms with Gasteiger partial charge >= 0.3 is 0 Å². The second kappa shape index (κ2) is 10.5. The van der Waals surface area contributed by atoms with Crippen molar-refractivity contribution < 1.29 is 23.5 Å². The molecule has 1 aliphatic rings. The lowest BCUT2D eigenvalue weighted by Crippen LogP contribution is -2.37. The average Bonchev–Trinajstić information content (AvgIpc) is 3.09. The monoisotopic (exact) mass is 493 g/mol. The second-order valence-corrected chi connectivity index (χ2v) is 8.25. The van der Waals surface area contributed by atoms with Gasteiger partial charge in [-0.1, -0.05) is 24.3 Å². The number of methoxy groups -OCH3 is 2.